The van der Waals surface area contributed by atoms with Crippen LogP contribution in [0.25, 0.3) is 0 Å². The first kappa shape index (κ1) is 17.5. The maximum absolute atomic E-state index is 3.74. The topological polar surface area (TPSA) is 15.3 Å². The molecule has 0 fully saturated rings. The highest BCUT2D eigenvalue weighted by molar-refractivity contribution is 9.10. The van der Waals surface area contributed by atoms with Crippen molar-refractivity contribution in [2.45, 2.75) is 59.0 Å². The van der Waals surface area contributed by atoms with Crippen molar-refractivity contribution in [1.82, 2.24) is 5.32 Å². The Hall–Kier alpha value is -0.540. The van der Waals surface area contributed by atoms with Crippen LogP contribution in [0.3, 0.4) is 0 Å². The molecule has 0 bridgehead atoms. The van der Waals surface area contributed by atoms with Gasteiger partial charge in [-0.1, -0.05) is 19.9 Å². The molecule has 0 aromatic heterocycles. The van der Waals surface area contributed by atoms with Gasteiger partial charge in [0.05, 0.1) is 5.69 Å². The molecule has 1 rings (SSSR count). The average Bonchev–Trinajstić information content (AvgIpc) is 2.43. The van der Waals surface area contributed by atoms with Crippen LogP contribution in [0, 0.1) is 0 Å². The van der Waals surface area contributed by atoms with Crippen molar-refractivity contribution in [3.63, 3.8) is 0 Å². The van der Waals surface area contributed by atoms with Crippen molar-refractivity contribution in [3.8, 4) is 0 Å². The molecular formula is C17H29BrN2. The van der Waals surface area contributed by atoms with E-state index in [9.17, 15) is 0 Å². The summed E-state index contributed by atoms with van der Waals surface area (Å²) in [6.07, 6.45) is 2.28. The van der Waals surface area contributed by atoms with Crippen LogP contribution >= 0.6 is 15.9 Å². The largest absolute Gasteiger partial charge is 0.369 e. The lowest BCUT2D eigenvalue weighted by molar-refractivity contribution is 0.470. The van der Waals surface area contributed by atoms with E-state index in [4.69, 9.17) is 0 Å². The predicted octanol–water partition coefficient (Wildman–Crippen LogP) is 5.13. The lowest BCUT2D eigenvalue weighted by Crippen LogP contribution is -2.40. The third-order valence-electron chi connectivity index (χ3n) is 4.31. The highest BCUT2D eigenvalue weighted by atomic mass is 79.9. The minimum absolute atomic E-state index is 0.163. The molecule has 1 aromatic carbocycles. The van der Waals surface area contributed by atoms with Crippen LogP contribution in [0.1, 0.15) is 59.1 Å². The molecule has 114 valence electrons. The summed E-state index contributed by atoms with van der Waals surface area (Å²) in [5.74, 6) is 0. The van der Waals surface area contributed by atoms with Crippen LogP contribution in [0.5, 0.6) is 0 Å². The third kappa shape index (κ3) is 4.23. The summed E-state index contributed by atoms with van der Waals surface area (Å²) in [6, 6.07) is 7.09. The Bertz CT molecular complexity index is 429. The van der Waals surface area contributed by atoms with E-state index >= 15 is 0 Å². The Balaban J connectivity index is 2.93. The van der Waals surface area contributed by atoms with Gasteiger partial charge in [-0.05, 0) is 73.8 Å². The van der Waals surface area contributed by atoms with E-state index in [2.05, 4.69) is 86.0 Å². The molecule has 0 aliphatic rings. The summed E-state index contributed by atoms with van der Waals surface area (Å²) < 4.78 is 1.17. The number of nitrogens with zero attached hydrogens (tertiary/aromatic N) is 1. The van der Waals surface area contributed by atoms with Gasteiger partial charge in [0.1, 0.15) is 0 Å². The first-order valence-electron chi connectivity index (χ1n) is 7.60. The predicted molar refractivity (Wildman–Crippen MR) is 93.6 cm³/mol. The molecule has 0 spiro atoms. The fourth-order valence-corrected chi connectivity index (χ4v) is 2.77. The van der Waals surface area contributed by atoms with Gasteiger partial charge in [-0.15, -0.1) is 0 Å². The Kier molecular flexibility index (Phi) is 6.53. The number of hydrogen-bond acceptors (Lipinski definition) is 2. The van der Waals surface area contributed by atoms with Gasteiger partial charge in [0.2, 0.25) is 0 Å². The van der Waals surface area contributed by atoms with E-state index in [0.717, 1.165) is 19.4 Å². The summed E-state index contributed by atoms with van der Waals surface area (Å²) in [6.45, 7) is 12.3. The summed E-state index contributed by atoms with van der Waals surface area (Å²) in [7, 11) is 2.17. The number of rotatable bonds is 7. The summed E-state index contributed by atoms with van der Waals surface area (Å²) in [5.41, 5.74) is 2.75. The monoisotopic (exact) mass is 340 g/mol. The highest BCUT2D eigenvalue weighted by Crippen LogP contribution is 2.33. The quantitative estimate of drug-likeness (QED) is 0.739. The third-order valence-corrected chi connectivity index (χ3v) is 4.94. The van der Waals surface area contributed by atoms with Crippen molar-refractivity contribution >= 4 is 21.6 Å². The molecule has 1 N–H and O–H groups in total. The minimum atomic E-state index is 0.163. The Morgan fingerprint density at radius 3 is 2.45 bits per heavy atom. The first-order chi connectivity index (χ1) is 9.33. The molecule has 3 heteroatoms. The van der Waals surface area contributed by atoms with Crippen molar-refractivity contribution in [2.24, 2.45) is 0 Å². The highest BCUT2D eigenvalue weighted by Gasteiger charge is 2.23. The molecule has 1 aromatic rings. The van der Waals surface area contributed by atoms with Crippen LogP contribution < -0.4 is 10.2 Å². The molecule has 1 unspecified atom stereocenters. The van der Waals surface area contributed by atoms with Gasteiger partial charge in [0, 0.05) is 23.1 Å². The van der Waals surface area contributed by atoms with Gasteiger partial charge in [-0.3, -0.25) is 0 Å². The Labute approximate surface area is 133 Å². The maximum atomic E-state index is 3.74. The second-order valence-electron chi connectivity index (χ2n) is 6.11. The molecule has 0 saturated carbocycles. The van der Waals surface area contributed by atoms with E-state index in [-0.39, 0.29) is 5.54 Å². The van der Waals surface area contributed by atoms with E-state index in [0.29, 0.717) is 6.04 Å². The Morgan fingerprint density at radius 1 is 1.30 bits per heavy atom. The van der Waals surface area contributed by atoms with Crippen molar-refractivity contribution < 1.29 is 0 Å². The van der Waals surface area contributed by atoms with Crippen LogP contribution in [0.4, 0.5) is 5.69 Å². The lowest BCUT2D eigenvalue weighted by Gasteiger charge is -2.37. The molecule has 0 aliphatic carbocycles. The minimum Gasteiger partial charge on any atom is -0.369 e. The van der Waals surface area contributed by atoms with Gasteiger partial charge >= 0.3 is 0 Å². The van der Waals surface area contributed by atoms with E-state index in [1.54, 1.807) is 0 Å². The number of hydrogen-bond donors (Lipinski definition) is 1. The van der Waals surface area contributed by atoms with Crippen LogP contribution in [0.2, 0.25) is 0 Å². The van der Waals surface area contributed by atoms with Crippen molar-refractivity contribution in [2.75, 3.05) is 18.5 Å². The van der Waals surface area contributed by atoms with Gasteiger partial charge in [0.15, 0.2) is 0 Å². The second-order valence-corrected chi connectivity index (χ2v) is 6.97. The van der Waals surface area contributed by atoms with Crippen LogP contribution in [0.15, 0.2) is 22.7 Å². The fourth-order valence-electron chi connectivity index (χ4n) is 2.11. The van der Waals surface area contributed by atoms with E-state index in [1.165, 1.54) is 15.7 Å². The zero-order valence-electron chi connectivity index (χ0n) is 13.8. The molecular weight excluding hydrogens is 312 g/mol. The standard InChI is InChI=1S/C17H29BrN2/c1-7-11-19-13(3)14-9-10-16(15(18)12-14)20(6)17(4,5)8-2/h9-10,12-13,19H,7-8,11H2,1-6H3. The van der Waals surface area contributed by atoms with Crippen molar-refractivity contribution in [3.05, 3.63) is 28.2 Å². The number of nitrogens with one attached hydrogen (secondary N) is 1. The molecule has 0 heterocycles. The van der Waals surface area contributed by atoms with Gasteiger partial charge in [-0.25, -0.2) is 0 Å². The SMILES string of the molecule is CCCNC(C)c1ccc(N(C)C(C)(C)CC)c(Br)c1. The first-order valence-corrected chi connectivity index (χ1v) is 8.39. The fraction of sp³-hybridized carbons (Fsp3) is 0.647. The van der Waals surface area contributed by atoms with Crippen LogP contribution in [-0.4, -0.2) is 19.1 Å². The molecule has 0 saturated heterocycles. The Morgan fingerprint density at radius 2 is 1.95 bits per heavy atom. The normalized spacial score (nSPS) is 13.3. The zero-order chi connectivity index (χ0) is 15.3. The number of halogens is 1. The van der Waals surface area contributed by atoms with E-state index < -0.39 is 0 Å². The average molecular weight is 341 g/mol. The van der Waals surface area contributed by atoms with Gasteiger partial charge in [-0.2, -0.15) is 0 Å². The van der Waals surface area contributed by atoms with Crippen LogP contribution in [-0.2, 0) is 0 Å². The summed E-state index contributed by atoms with van der Waals surface area (Å²) in [5, 5.41) is 3.53. The van der Waals surface area contributed by atoms with Gasteiger partial charge in [0.25, 0.3) is 0 Å². The summed E-state index contributed by atoms with van der Waals surface area (Å²) in [4.78, 5) is 2.35. The van der Waals surface area contributed by atoms with E-state index in [1.807, 2.05) is 0 Å². The number of anilines is 1. The molecule has 20 heavy (non-hydrogen) atoms. The molecule has 0 aliphatic heterocycles. The number of benzene rings is 1. The maximum Gasteiger partial charge on any atom is 0.0512 e. The molecule has 1 atom stereocenters. The second kappa shape index (κ2) is 7.46. The molecule has 2 nitrogen and oxygen atoms in total. The van der Waals surface area contributed by atoms with Crippen molar-refractivity contribution in [1.29, 1.82) is 0 Å². The zero-order valence-corrected chi connectivity index (χ0v) is 15.3. The summed E-state index contributed by atoms with van der Waals surface area (Å²) >= 11 is 3.74. The smallest absolute Gasteiger partial charge is 0.0512 e. The molecule has 0 amide bonds. The van der Waals surface area contributed by atoms with Gasteiger partial charge < -0.3 is 10.2 Å². The molecule has 0 radical (unpaired) electrons. The lowest BCUT2D eigenvalue weighted by atomic mass is 9.98.